The molecule has 0 radical (unpaired) electrons. The lowest BCUT2D eigenvalue weighted by atomic mass is 10.2. The maximum absolute atomic E-state index is 11.9. The molecule has 7 heteroatoms. The van der Waals surface area contributed by atoms with E-state index in [1.165, 1.54) is 0 Å². The van der Waals surface area contributed by atoms with Crippen molar-refractivity contribution in [2.24, 2.45) is 5.92 Å². The molecule has 0 aromatic carbocycles. The van der Waals surface area contributed by atoms with Crippen LogP contribution in [-0.2, 0) is 14.3 Å². The molecule has 1 fully saturated rings. The molecule has 3 amide bonds. The fourth-order valence-corrected chi connectivity index (χ4v) is 1.64. The van der Waals surface area contributed by atoms with Gasteiger partial charge in [0.05, 0.1) is 0 Å². The molecule has 0 spiro atoms. The van der Waals surface area contributed by atoms with E-state index in [0.29, 0.717) is 12.5 Å². The number of nitrogens with zero attached hydrogens (tertiary/aromatic N) is 1. The second-order valence-electron chi connectivity index (χ2n) is 5.02. The van der Waals surface area contributed by atoms with Crippen molar-refractivity contribution in [1.29, 1.82) is 0 Å². The van der Waals surface area contributed by atoms with E-state index >= 15 is 0 Å². The van der Waals surface area contributed by atoms with Gasteiger partial charge in [0.2, 0.25) is 0 Å². The monoisotopic (exact) mass is 272 g/mol. The van der Waals surface area contributed by atoms with Crippen LogP contribution < -0.4 is 5.32 Å². The number of nitrogens with one attached hydrogen (secondary N) is 1. The lowest BCUT2D eigenvalue weighted by molar-refractivity contribution is -0.143. The Balaban J connectivity index is 2.34. The second kappa shape index (κ2) is 7.08. The molecule has 0 aromatic heterocycles. The number of ether oxygens (including phenoxy) is 1. The van der Waals surface area contributed by atoms with E-state index in [1.54, 1.807) is 4.90 Å². The number of imide groups is 1. The average molecular weight is 272 g/mol. The lowest BCUT2D eigenvalue weighted by Gasteiger charge is -2.24. The van der Waals surface area contributed by atoms with Crippen LogP contribution in [0, 0.1) is 5.92 Å². The molecule has 108 valence electrons. The zero-order valence-electron chi connectivity index (χ0n) is 11.2. The minimum Gasteiger partial charge on any atom is -0.480 e. The van der Waals surface area contributed by atoms with Crippen molar-refractivity contribution in [1.82, 2.24) is 10.2 Å². The van der Waals surface area contributed by atoms with Gasteiger partial charge in [-0.3, -0.25) is 10.1 Å². The van der Waals surface area contributed by atoms with Crippen LogP contribution in [0.3, 0.4) is 0 Å². The van der Waals surface area contributed by atoms with E-state index < -0.39 is 31.1 Å². The predicted molar refractivity (Wildman–Crippen MR) is 66.6 cm³/mol. The number of hydrogen-bond acceptors (Lipinski definition) is 4. The summed E-state index contributed by atoms with van der Waals surface area (Å²) in [7, 11) is 0. The van der Waals surface area contributed by atoms with Crippen molar-refractivity contribution in [2.45, 2.75) is 32.7 Å². The standard InChI is InChI=1S/C12H20N2O5/c1-8(2)5-14(9-3-4-9)12(18)13-10(15)6-19-7-11(16)17/h8-9H,3-7H2,1-2H3,(H,16,17)(H,13,15,18). The van der Waals surface area contributed by atoms with Gasteiger partial charge in [0, 0.05) is 12.6 Å². The number of carboxylic acids is 1. The van der Waals surface area contributed by atoms with E-state index in [0.717, 1.165) is 12.8 Å². The number of rotatable bonds is 7. The molecule has 0 aromatic rings. The first kappa shape index (κ1) is 15.4. The molecular weight excluding hydrogens is 252 g/mol. The fourth-order valence-electron chi connectivity index (χ4n) is 1.64. The fraction of sp³-hybridized carbons (Fsp3) is 0.750. The Bertz CT molecular complexity index is 352. The quantitative estimate of drug-likeness (QED) is 0.701. The van der Waals surface area contributed by atoms with Crippen molar-refractivity contribution in [2.75, 3.05) is 19.8 Å². The third kappa shape index (κ3) is 6.19. The van der Waals surface area contributed by atoms with E-state index in [9.17, 15) is 14.4 Å². The van der Waals surface area contributed by atoms with Gasteiger partial charge in [-0.15, -0.1) is 0 Å². The Hall–Kier alpha value is -1.63. The predicted octanol–water partition coefficient (Wildman–Crippen LogP) is 0.444. The summed E-state index contributed by atoms with van der Waals surface area (Å²) < 4.78 is 4.61. The summed E-state index contributed by atoms with van der Waals surface area (Å²) >= 11 is 0. The van der Waals surface area contributed by atoms with Crippen LogP contribution in [0.1, 0.15) is 26.7 Å². The maximum atomic E-state index is 11.9. The van der Waals surface area contributed by atoms with Crippen molar-refractivity contribution in [3.63, 3.8) is 0 Å². The third-order valence-electron chi connectivity index (χ3n) is 2.52. The van der Waals surface area contributed by atoms with Gasteiger partial charge < -0.3 is 14.7 Å². The first-order valence-corrected chi connectivity index (χ1v) is 6.30. The molecular formula is C12H20N2O5. The van der Waals surface area contributed by atoms with Crippen molar-refractivity contribution < 1.29 is 24.2 Å². The molecule has 19 heavy (non-hydrogen) atoms. The highest BCUT2D eigenvalue weighted by Crippen LogP contribution is 2.27. The SMILES string of the molecule is CC(C)CN(C(=O)NC(=O)COCC(=O)O)C1CC1. The molecule has 0 aliphatic heterocycles. The molecule has 0 saturated heterocycles. The highest BCUT2D eigenvalue weighted by atomic mass is 16.5. The molecule has 7 nitrogen and oxygen atoms in total. The number of hydrogen-bond donors (Lipinski definition) is 2. The summed E-state index contributed by atoms with van der Waals surface area (Å²) in [6.45, 7) is 3.61. The molecule has 1 rings (SSSR count). The van der Waals surface area contributed by atoms with E-state index in [1.807, 2.05) is 13.8 Å². The van der Waals surface area contributed by atoms with Gasteiger partial charge in [0.25, 0.3) is 5.91 Å². The molecule has 0 bridgehead atoms. The van der Waals surface area contributed by atoms with Gasteiger partial charge in [0.1, 0.15) is 13.2 Å². The Kier molecular flexibility index (Phi) is 5.75. The van der Waals surface area contributed by atoms with Gasteiger partial charge in [-0.1, -0.05) is 13.8 Å². The zero-order valence-corrected chi connectivity index (χ0v) is 11.2. The van der Waals surface area contributed by atoms with Crippen LogP contribution in [0.4, 0.5) is 4.79 Å². The summed E-state index contributed by atoms with van der Waals surface area (Å²) in [6.07, 6.45) is 1.92. The highest BCUT2D eigenvalue weighted by Gasteiger charge is 2.33. The summed E-state index contributed by atoms with van der Waals surface area (Å²) in [5.74, 6) is -1.45. The molecule has 0 heterocycles. The lowest BCUT2D eigenvalue weighted by Crippen LogP contribution is -2.46. The van der Waals surface area contributed by atoms with Gasteiger partial charge in [-0.05, 0) is 18.8 Å². The van der Waals surface area contributed by atoms with Gasteiger partial charge in [-0.2, -0.15) is 0 Å². The number of aliphatic carboxylic acids is 1. The Morgan fingerprint density at radius 1 is 1.32 bits per heavy atom. The van der Waals surface area contributed by atoms with Crippen LogP contribution in [0.15, 0.2) is 0 Å². The Morgan fingerprint density at radius 2 is 1.95 bits per heavy atom. The summed E-state index contributed by atoms with van der Waals surface area (Å²) in [6, 6.07) is -0.213. The number of carboxylic acid groups (broad SMARTS) is 1. The summed E-state index contributed by atoms with van der Waals surface area (Å²) in [4.78, 5) is 35.1. The van der Waals surface area contributed by atoms with Gasteiger partial charge in [-0.25, -0.2) is 9.59 Å². The smallest absolute Gasteiger partial charge is 0.329 e. The summed E-state index contributed by atoms with van der Waals surface area (Å²) in [5.41, 5.74) is 0. The number of carbonyl (C=O) groups excluding carboxylic acids is 2. The van der Waals surface area contributed by atoms with Crippen molar-refractivity contribution in [3.05, 3.63) is 0 Å². The van der Waals surface area contributed by atoms with Crippen LogP contribution in [0.2, 0.25) is 0 Å². The molecule has 0 atom stereocenters. The van der Waals surface area contributed by atoms with Crippen LogP contribution in [0.25, 0.3) is 0 Å². The second-order valence-corrected chi connectivity index (χ2v) is 5.02. The van der Waals surface area contributed by atoms with Gasteiger partial charge >= 0.3 is 12.0 Å². The molecule has 2 N–H and O–H groups in total. The van der Waals surface area contributed by atoms with E-state index in [-0.39, 0.29) is 6.04 Å². The number of carbonyl (C=O) groups is 3. The first-order chi connectivity index (χ1) is 8.90. The van der Waals surface area contributed by atoms with Crippen molar-refractivity contribution in [3.8, 4) is 0 Å². The van der Waals surface area contributed by atoms with Crippen LogP contribution in [0.5, 0.6) is 0 Å². The molecule has 1 saturated carbocycles. The Morgan fingerprint density at radius 3 is 2.42 bits per heavy atom. The van der Waals surface area contributed by atoms with Crippen molar-refractivity contribution >= 4 is 17.9 Å². The van der Waals surface area contributed by atoms with Gasteiger partial charge in [0.15, 0.2) is 0 Å². The normalized spacial score (nSPS) is 14.3. The Labute approximate surface area is 111 Å². The van der Waals surface area contributed by atoms with Crippen LogP contribution in [-0.4, -0.2) is 53.7 Å². The number of urea groups is 1. The first-order valence-electron chi connectivity index (χ1n) is 6.30. The van der Waals surface area contributed by atoms with E-state index in [4.69, 9.17) is 5.11 Å². The average Bonchev–Trinajstić information content (AvgIpc) is 3.08. The minimum atomic E-state index is -1.15. The minimum absolute atomic E-state index is 0.218. The molecule has 1 aliphatic rings. The number of amides is 3. The highest BCUT2D eigenvalue weighted by molar-refractivity contribution is 5.95. The molecule has 0 unspecified atom stereocenters. The maximum Gasteiger partial charge on any atom is 0.329 e. The zero-order chi connectivity index (χ0) is 14.4. The van der Waals surface area contributed by atoms with E-state index in [2.05, 4.69) is 10.1 Å². The van der Waals surface area contributed by atoms with Crippen LogP contribution >= 0.6 is 0 Å². The third-order valence-corrected chi connectivity index (χ3v) is 2.52. The summed E-state index contributed by atoms with van der Waals surface area (Å²) in [5, 5.41) is 10.6. The topological polar surface area (TPSA) is 95.9 Å². The largest absolute Gasteiger partial charge is 0.480 e. The molecule has 1 aliphatic carbocycles.